The third-order valence-electron chi connectivity index (χ3n) is 7.45. The number of ether oxygens (including phenoxy) is 3. The minimum absolute atomic E-state index is 0.290. The number of methoxy groups -OCH3 is 2. The standard InChI is InChI=1S/C31H38F3N3O5/c1-18-15-25(40-5)23(22-12-14-37(26(18)22)30(39)42-31(2,3)4)17-36-13-11-21(35-28(34)27(32)33)16-24(36)19-7-9-20(10-8-19)29(38)41-6/h7-10,12,14-15,21,24,27-28,35H,11,13,16-17H2,1-6H3. The minimum Gasteiger partial charge on any atom is -0.496 e. The Morgan fingerprint density at radius 2 is 1.79 bits per heavy atom. The second-order valence-electron chi connectivity index (χ2n) is 11.5. The zero-order chi connectivity index (χ0) is 30.8. The molecule has 1 aliphatic rings. The predicted octanol–water partition coefficient (Wildman–Crippen LogP) is 6.38. The van der Waals surface area contributed by atoms with Gasteiger partial charge in [-0.15, -0.1) is 0 Å². The zero-order valence-corrected chi connectivity index (χ0v) is 24.7. The van der Waals surface area contributed by atoms with Crippen LogP contribution in [0.5, 0.6) is 5.75 Å². The van der Waals surface area contributed by atoms with Crippen LogP contribution in [-0.2, 0) is 16.0 Å². The van der Waals surface area contributed by atoms with Crippen LogP contribution < -0.4 is 10.1 Å². The van der Waals surface area contributed by atoms with Crippen molar-refractivity contribution in [2.45, 2.75) is 77.5 Å². The molecular formula is C31H38F3N3O5. The van der Waals surface area contributed by atoms with Crippen molar-refractivity contribution < 1.29 is 37.0 Å². The van der Waals surface area contributed by atoms with Crippen LogP contribution in [0.1, 0.15) is 66.7 Å². The molecule has 1 aliphatic heterocycles. The van der Waals surface area contributed by atoms with Crippen LogP contribution in [0, 0.1) is 6.92 Å². The number of aryl methyl sites for hydroxylation is 1. The number of alkyl halides is 3. The first-order valence-corrected chi connectivity index (χ1v) is 13.8. The molecule has 0 radical (unpaired) electrons. The van der Waals surface area contributed by atoms with E-state index in [-0.39, 0.29) is 6.04 Å². The van der Waals surface area contributed by atoms with E-state index in [0.717, 1.165) is 22.1 Å². The van der Waals surface area contributed by atoms with Gasteiger partial charge in [-0.3, -0.25) is 14.8 Å². The molecule has 228 valence electrons. The number of rotatable bonds is 8. The second-order valence-corrected chi connectivity index (χ2v) is 11.5. The van der Waals surface area contributed by atoms with E-state index in [9.17, 15) is 22.8 Å². The smallest absolute Gasteiger partial charge is 0.419 e. The number of nitrogens with one attached hydrogen (secondary N) is 1. The molecule has 0 spiro atoms. The second kappa shape index (κ2) is 12.7. The van der Waals surface area contributed by atoms with Crippen molar-refractivity contribution in [2.24, 2.45) is 0 Å². The van der Waals surface area contributed by atoms with Gasteiger partial charge in [-0.25, -0.2) is 22.8 Å². The monoisotopic (exact) mass is 589 g/mol. The van der Waals surface area contributed by atoms with Crippen molar-refractivity contribution in [1.29, 1.82) is 0 Å². The van der Waals surface area contributed by atoms with Crippen molar-refractivity contribution in [3.8, 4) is 5.75 Å². The van der Waals surface area contributed by atoms with E-state index < -0.39 is 36.4 Å². The molecular weight excluding hydrogens is 551 g/mol. The molecule has 42 heavy (non-hydrogen) atoms. The number of esters is 1. The quantitative estimate of drug-likeness (QED) is 0.241. The van der Waals surface area contributed by atoms with Gasteiger partial charge >= 0.3 is 12.1 Å². The number of carbonyl (C=O) groups is 2. The maximum absolute atomic E-state index is 14.0. The van der Waals surface area contributed by atoms with E-state index in [1.54, 1.807) is 58.3 Å². The van der Waals surface area contributed by atoms with Crippen molar-refractivity contribution in [2.75, 3.05) is 20.8 Å². The summed E-state index contributed by atoms with van der Waals surface area (Å²) in [7, 11) is 2.89. The Bertz CT molecular complexity index is 1420. The molecule has 1 N–H and O–H groups in total. The lowest BCUT2D eigenvalue weighted by atomic mass is 9.90. The number of aromatic nitrogens is 1. The number of nitrogens with zero attached hydrogens (tertiary/aromatic N) is 2. The molecule has 4 rings (SSSR count). The number of carbonyl (C=O) groups excluding carboxylic acids is 2. The molecule has 11 heteroatoms. The highest BCUT2D eigenvalue weighted by Crippen LogP contribution is 2.38. The Labute approximate surface area is 243 Å². The SMILES string of the molecule is COC(=O)c1ccc(C2CC(NC(F)C(F)F)CCN2Cc2c(OC)cc(C)c3c2ccn3C(=O)OC(C)(C)C)cc1. The summed E-state index contributed by atoms with van der Waals surface area (Å²) < 4.78 is 57.6. The van der Waals surface area contributed by atoms with Crippen LogP contribution >= 0.6 is 0 Å². The lowest BCUT2D eigenvalue weighted by molar-refractivity contribution is 0.0115. The fourth-order valence-corrected chi connectivity index (χ4v) is 5.53. The predicted molar refractivity (Wildman–Crippen MR) is 153 cm³/mol. The van der Waals surface area contributed by atoms with Gasteiger partial charge in [0.2, 0.25) is 6.30 Å². The van der Waals surface area contributed by atoms with Gasteiger partial charge < -0.3 is 14.2 Å². The Kier molecular flexibility index (Phi) is 9.52. The molecule has 3 aromatic rings. The molecule has 2 heterocycles. The van der Waals surface area contributed by atoms with Gasteiger partial charge in [-0.1, -0.05) is 12.1 Å². The summed E-state index contributed by atoms with van der Waals surface area (Å²) in [4.78, 5) is 27.2. The highest BCUT2D eigenvalue weighted by atomic mass is 19.3. The third kappa shape index (κ3) is 6.90. The van der Waals surface area contributed by atoms with E-state index in [2.05, 4.69) is 10.2 Å². The number of halogens is 3. The topological polar surface area (TPSA) is 82.0 Å². The molecule has 0 aliphatic carbocycles. The van der Waals surface area contributed by atoms with Crippen LogP contribution in [0.15, 0.2) is 42.6 Å². The number of fused-ring (bicyclic) bond motifs is 1. The molecule has 8 nitrogen and oxygen atoms in total. The summed E-state index contributed by atoms with van der Waals surface area (Å²) in [5, 5.41) is 3.26. The van der Waals surface area contributed by atoms with Gasteiger partial charge in [0.1, 0.15) is 11.4 Å². The number of piperidine rings is 1. The first-order chi connectivity index (χ1) is 19.8. The highest BCUT2D eigenvalue weighted by Gasteiger charge is 2.34. The molecule has 3 unspecified atom stereocenters. The summed E-state index contributed by atoms with van der Waals surface area (Å²) in [5.41, 5.74) is 2.93. The summed E-state index contributed by atoms with van der Waals surface area (Å²) in [6.45, 7) is 8.20. The molecule has 2 aromatic carbocycles. The maximum Gasteiger partial charge on any atom is 0.419 e. The molecule has 3 atom stereocenters. The van der Waals surface area contributed by atoms with E-state index in [0.29, 0.717) is 42.8 Å². The van der Waals surface area contributed by atoms with E-state index in [1.165, 1.54) is 11.7 Å². The van der Waals surface area contributed by atoms with Crippen LogP contribution in [-0.4, -0.2) is 66.7 Å². The molecule has 1 aromatic heterocycles. The van der Waals surface area contributed by atoms with E-state index in [4.69, 9.17) is 14.2 Å². The number of likely N-dealkylation sites (tertiary alicyclic amines) is 1. The number of hydrogen-bond acceptors (Lipinski definition) is 7. The van der Waals surface area contributed by atoms with E-state index >= 15 is 0 Å². The fraction of sp³-hybridized carbons (Fsp3) is 0.484. The Hall–Kier alpha value is -3.57. The van der Waals surface area contributed by atoms with E-state index in [1.807, 2.05) is 19.1 Å². The Morgan fingerprint density at radius 1 is 1.10 bits per heavy atom. The van der Waals surface area contributed by atoms with Gasteiger partial charge in [0.05, 0.1) is 25.3 Å². The lowest BCUT2D eigenvalue weighted by Gasteiger charge is -2.41. The van der Waals surface area contributed by atoms with Crippen LogP contribution in [0.2, 0.25) is 0 Å². The summed E-state index contributed by atoms with van der Waals surface area (Å²) in [5.74, 6) is 0.170. The molecule has 1 fully saturated rings. The maximum atomic E-state index is 14.0. The largest absolute Gasteiger partial charge is 0.496 e. The third-order valence-corrected chi connectivity index (χ3v) is 7.45. The van der Waals surface area contributed by atoms with Crippen molar-refractivity contribution >= 4 is 23.0 Å². The van der Waals surface area contributed by atoms with Gasteiger partial charge in [-0.2, -0.15) is 0 Å². The fourth-order valence-electron chi connectivity index (χ4n) is 5.53. The summed E-state index contributed by atoms with van der Waals surface area (Å²) in [6.07, 6.45) is -3.55. The van der Waals surface area contributed by atoms with Gasteiger partial charge in [-0.05, 0) is 75.9 Å². The average Bonchev–Trinajstić information content (AvgIpc) is 3.40. The van der Waals surface area contributed by atoms with Gasteiger partial charge in [0, 0.05) is 42.3 Å². The van der Waals surface area contributed by atoms with Crippen molar-refractivity contribution in [3.63, 3.8) is 0 Å². The van der Waals surface area contributed by atoms with Crippen LogP contribution in [0.3, 0.4) is 0 Å². The van der Waals surface area contributed by atoms with Crippen LogP contribution in [0.25, 0.3) is 10.9 Å². The molecule has 0 amide bonds. The highest BCUT2D eigenvalue weighted by molar-refractivity contribution is 5.95. The first kappa shape index (κ1) is 31.4. The number of benzene rings is 2. The lowest BCUT2D eigenvalue weighted by Crippen LogP contribution is -2.48. The zero-order valence-electron chi connectivity index (χ0n) is 24.7. The number of hydrogen-bond donors (Lipinski definition) is 1. The van der Waals surface area contributed by atoms with Gasteiger partial charge in [0.25, 0.3) is 6.43 Å². The minimum atomic E-state index is -3.13. The summed E-state index contributed by atoms with van der Waals surface area (Å²) >= 11 is 0. The van der Waals surface area contributed by atoms with Crippen LogP contribution in [0.4, 0.5) is 18.0 Å². The average molecular weight is 590 g/mol. The van der Waals surface area contributed by atoms with Crippen molar-refractivity contribution in [1.82, 2.24) is 14.8 Å². The van der Waals surface area contributed by atoms with Crippen molar-refractivity contribution in [3.05, 3.63) is 64.8 Å². The summed E-state index contributed by atoms with van der Waals surface area (Å²) in [6, 6.07) is 9.86. The normalized spacial score (nSPS) is 18.7. The molecule has 0 saturated carbocycles. The Morgan fingerprint density at radius 3 is 2.38 bits per heavy atom. The first-order valence-electron chi connectivity index (χ1n) is 13.8. The molecule has 1 saturated heterocycles. The molecule has 0 bridgehead atoms. The van der Waals surface area contributed by atoms with Gasteiger partial charge in [0.15, 0.2) is 0 Å². The Balaban J connectivity index is 1.72.